The minimum Gasteiger partial charge on any atom is -0.492 e. The van der Waals surface area contributed by atoms with Gasteiger partial charge in [0.1, 0.15) is 12.4 Å². The average Bonchev–Trinajstić information content (AvgIpc) is 2.40. The monoisotopic (exact) mass is 241 g/mol. The molecule has 0 spiro atoms. The molecule has 0 bridgehead atoms. The van der Waals surface area contributed by atoms with E-state index >= 15 is 0 Å². The largest absolute Gasteiger partial charge is 0.492 e. The number of hydrogen-bond donors (Lipinski definition) is 0. The molecule has 0 amide bonds. The maximum absolute atomic E-state index is 5.74. The van der Waals surface area contributed by atoms with E-state index in [2.05, 4.69) is 41.3 Å². The van der Waals surface area contributed by atoms with Crippen molar-refractivity contribution in [2.75, 3.05) is 27.2 Å². The summed E-state index contributed by atoms with van der Waals surface area (Å²) in [7, 11) is 4.09. The van der Waals surface area contributed by atoms with Gasteiger partial charge in [0, 0.05) is 6.54 Å². The summed E-state index contributed by atoms with van der Waals surface area (Å²) in [4.78, 5) is 2.11. The molecule has 94 valence electrons. The van der Waals surface area contributed by atoms with E-state index in [1.807, 2.05) is 32.3 Å². The smallest absolute Gasteiger partial charge is 0.119 e. The summed E-state index contributed by atoms with van der Waals surface area (Å²) in [5, 5.41) is 0. The molecular formula is C16H19NO. The van der Waals surface area contributed by atoms with E-state index < -0.39 is 0 Å². The van der Waals surface area contributed by atoms with Gasteiger partial charge < -0.3 is 9.64 Å². The van der Waals surface area contributed by atoms with Crippen molar-refractivity contribution < 1.29 is 4.74 Å². The number of rotatable bonds is 5. The van der Waals surface area contributed by atoms with Crippen LogP contribution in [0.2, 0.25) is 0 Å². The first-order valence-electron chi connectivity index (χ1n) is 6.19. The van der Waals surface area contributed by atoms with Crippen LogP contribution in [0.3, 0.4) is 0 Å². The molecular weight excluding hydrogens is 222 g/mol. The lowest BCUT2D eigenvalue weighted by Crippen LogP contribution is -2.19. The molecule has 0 aliphatic heterocycles. The highest BCUT2D eigenvalue weighted by molar-refractivity contribution is 5.64. The van der Waals surface area contributed by atoms with E-state index in [9.17, 15) is 0 Å². The van der Waals surface area contributed by atoms with Crippen LogP contribution in [0.4, 0.5) is 0 Å². The Morgan fingerprint density at radius 1 is 0.889 bits per heavy atom. The fourth-order valence-corrected chi connectivity index (χ4v) is 1.74. The molecule has 2 heteroatoms. The van der Waals surface area contributed by atoms with Crippen LogP contribution < -0.4 is 4.74 Å². The normalized spacial score (nSPS) is 10.6. The Bertz CT molecular complexity index is 479. The summed E-state index contributed by atoms with van der Waals surface area (Å²) >= 11 is 0. The van der Waals surface area contributed by atoms with Crippen molar-refractivity contribution in [1.82, 2.24) is 4.90 Å². The Morgan fingerprint density at radius 3 is 2.33 bits per heavy atom. The Balaban J connectivity index is 2.06. The van der Waals surface area contributed by atoms with E-state index in [1.165, 1.54) is 11.1 Å². The van der Waals surface area contributed by atoms with Crippen molar-refractivity contribution in [3.05, 3.63) is 54.6 Å². The van der Waals surface area contributed by atoms with E-state index in [0.717, 1.165) is 12.3 Å². The maximum Gasteiger partial charge on any atom is 0.119 e. The van der Waals surface area contributed by atoms with Crippen LogP contribution in [0.15, 0.2) is 54.6 Å². The van der Waals surface area contributed by atoms with Gasteiger partial charge in [0.25, 0.3) is 0 Å². The Kier molecular flexibility index (Phi) is 4.37. The second-order valence-electron chi connectivity index (χ2n) is 4.55. The molecule has 0 saturated heterocycles. The zero-order valence-corrected chi connectivity index (χ0v) is 11.0. The summed E-state index contributed by atoms with van der Waals surface area (Å²) in [6, 6.07) is 18.6. The highest BCUT2D eigenvalue weighted by Gasteiger charge is 1.99. The molecule has 2 aromatic rings. The van der Waals surface area contributed by atoms with Gasteiger partial charge >= 0.3 is 0 Å². The fraction of sp³-hybridized carbons (Fsp3) is 0.250. The Labute approximate surface area is 109 Å². The second kappa shape index (κ2) is 6.22. The summed E-state index contributed by atoms with van der Waals surface area (Å²) in [5.41, 5.74) is 2.41. The molecule has 0 aromatic heterocycles. The predicted molar refractivity (Wildman–Crippen MR) is 75.9 cm³/mol. The number of ether oxygens (including phenoxy) is 1. The highest BCUT2D eigenvalue weighted by Crippen LogP contribution is 2.23. The minimum atomic E-state index is 0.714. The van der Waals surface area contributed by atoms with Gasteiger partial charge in [0.05, 0.1) is 0 Å². The van der Waals surface area contributed by atoms with Gasteiger partial charge in [-0.3, -0.25) is 0 Å². The van der Waals surface area contributed by atoms with Crippen LogP contribution in [0.25, 0.3) is 11.1 Å². The van der Waals surface area contributed by atoms with E-state index in [4.69, 9.17) is 4.74 Å². The molecule has 0 N–H and O–H groups in total. The molecule has 18 heavy (non-hydrogen) atoms. The molecule has 0 atom stereocenters. The maximum atomic E-state index is 5.74. The van der Waals surface area contributed by atoms with E-state index in [0.29, 0.717) is 6.61 Å². The van der Waals surface area contributed by atoms with Crippen molar-refractivity contribution in [3.63, 3.8) is 0 Å². The molecule has 0 saturated carbocycles. The SMILES string of the molecule is CN(C)CCOc1cccc(-c2ccccc2)c1. The first kappa shape index (κ1) is 12.7. The standard InChI is InChI=1S/C16H19NO/c1-17(2)11-12-18-16-10-6-9-15(13-16)14-7-4-3-5-8-14/h3-10,13H,11-12H2,1-2H3. The minimum absolute atomic E-state index is 0.714. The molecule has 0 heterocycles. The van der Waals surface area contributed by atoms with Crippen molar-refractivity contribution in [1.29, 1.82) is 0 Å². The summed E-state index contributed by atoms with van der Waals surface area (Å²) in [6.07, 6.45) is 0. The van der Waals surface area contributed by atoms with Gasteiger partial charge in [0.15, 0.2) is 0 Å². The summed E-state index contributed by atoms with van der Waals surface area (Å²) < 4.78 is 5.74. The zero-order chi connectivity index (χ0) is 12.8. The third-order valence-corrected chi connectivity index (χ3v) is 2.75. The third kappa shape index (κ3) is 3.60. The van der Waals surface area contributed by atoms with Crippen LogP contribution in [0, 0.1) is 0 Å². The lowest BCUT2D eigenvalue weighted by Gasteiger charge is -2.11. The van der Waals surface area contributed by atoms with E-state index in [1.54, 1.807) is 0 Å². The highest BCUT2D eigenvalue weighted by atomic mass is 16.5. The van der Waals surface area contributed by atoms with Gasteiger partial charge in [-0.2, -0.15) is 0 Å². The van der Waals surface area contributed by atoms with Gasteiger partial charge in [-0.1, -0.05) is 42.5 Å². The molecule has 0 aliphatic carbocycles. The van der Waals surface area contributed by atoms with Crippen molar-refractivity contribution in [2.24, 2.45) is 0 Å². The van der Waals surface area contributed by atoms with Crippen molar-refractivity contribution in [3.8, 4) is 16.9 Å². The molecule has 2 aromatic carbocycles. The fourth-order valence-electron chi connectivity index (χ4n) is 1.74. The molecule has 0 fully saturated rings. The van der Waals surface area contributed by atoms with Gasteiger partial charge in [-0.05, 0) is 37.4 Å². The number of benzene rings is 2. The average molecular weight is 241 g/mol. The number of likely N-dealkylation sites (N-methyl/N-ethyl adjacent to an activating group) is 1. The zero-order valence-electron chi connectivity index (χ0n) is 11.0. The first-order valence-corrected chi connectivity index (χ1v) is 6.19. The van der Waals surface area contributed by atoms with Crippen molar-refractivity contribution >= 4 is 0 Å². The summed E-state index contributed by atoms with van der Waals surface area (Å²) in [5.74, 6) is 0.929. The predicted octanol–water partition coefficient (Wildman–Crippen LogP) is 3.29. The molecule has 2 nitrogen and oxygen atoms in total. The van der Waals surface area contributed by atoms with Crippen molar-refractivity contribution in [2.45, 2.75) is 0 Å². The van der Waals surface area contributed by atoms with Crippen LogP contribution in [-0.4, -0.2) is 32.1 Å². The van der Waals surface area contributed by atoms with Crippen LogP contribution in [-0.2, 0) is 0 Å². The topological polar surface area (TPSA) is 12.5 Å². The van der Waals surface area contributed by atoms with Crippen LogP contribution in [0.5, 0.6) is 5.75 Å². The van der Waals surface area contributed by atoms with Crippen LogP contribution >= 0.6 is 0 Å². The van der Waals surface area contributed by atoms with Gasteiger partial charge in [0.2, 0.25) is 0 Å². The molecule has 0 aliphatic rings. The lowest BCUT2D eigenvalue weighted by molar-refractivity contribution is 0.261. The van der Waals surface area contributed by atoms with Gasteiger partial charge in [-0.15, -0.1) is 0 Å². The Morgan fingerprint density at radius 2 is 1.61 bits per heavy atom. The van der Waals surface area contributed by atoms with Crippen LogP contribution in [0.1, 0.15) is 0 Å². The second-order valence-corrected chi connectivity index (χ2v) is 4.55. The third-order valence-electron chi connectivity index (χ3n) is 2.75. The number of hydrogen-bond acceptors (Lipinski definition) is 2. The number of nitrogens with zero attached hydrogens (tertiary/aromatic N) is 1. The summed E-state index contributed by atoms with van der Waals surface area (Å²) in [6.45, 7) is 1.64. The quantitative estimate of drug-likeness (QED) is 0.796. The van der Waals surface area contributed by atoms with Gasteiger partial charge in [-0.25, -0.2) is 0 Å². The molecule has 2 rings (SSSR count). The first-order chi connectivity index (χ1) is 8.75. The molecule has 0 unspecified atom stereocenters. The lowest BCUT2D eigenvalue weighted by atomic mass is 10.1. The molecule has 0 radical (unpaired) electrons. The van der Waals surface area contributed by atoms with E-state index in [-0.39, 0.29) is 0 Å². The Hall–Kier alpha value is -1.80.